The summed E-state index contributed by atoms with van der Waals surface area (Å²) in [5, 5.41) is 0. The number of ether oxygens (including phenoxy) is 3. The van der Waals surface area contributed by atoms with Gasteiger partial charge in [0.25, 0.3) is 0 Å². The van der Waals surface area contributed by atoms with Crippen LogP contribution in [0.4, 0.5) is 0 Å². The van der Waals surface area contributed by atoms with E-state index in [0.29, 0.717) is 36.2 Å². The molecule has 6 nitrogen and oxygen atoms in total. The number of fused-ring (bicyclic) bond motifs is 2. The average Bonchev–Trinajstić information content (AvgIpc) is 3.17. The van der Waals surface area contributed by atoms with E-state index in [4.69, 9.17) is 24.0 Å². The van der Waals surface area contributed by atoms with Crippen LogP contribution in [0, 0.1) is 55.3 Å². The molecule has 6 fully saturated rings. The third-order valence-electron chi connectivity index (χ3n) is 8.06. The molecule has 0 aromatic rings. The van der Waals surface area contributed by atoms with E-state index >= 15 is 0 Å². The quantitative estimate of drug-likeness (QED) is 0.383. The summed E-state index contributed by atoms with van der Waals surface area (Å²) >= 11 is 0. The predicted octanol–water partition coefficient (Wildman–Crippen LogP) is 3.97. The summed E-state index contributed by atoms with van der Waals surface area (Å²) in [6.45, 7) is 6.95. The van der Waals surface area contributed by atoms with Crippen molar-refractivity contribution in [3.63, 3.8) is 0 Å². The van der Waals surface area contributed by atoms with Crippen molar-refractivity contribution in [3.05, 3.63) is 31.6 Å². The van der Waals surface area contributed by atoms with Gasteiger partial charge in [-0.05, 0) is 82.5 Å². The maximum Gasteiger partial charge on any atom is 0.313 e. The number of hydrogen-bond donors (Lipinski definition) is 0. The summed E-state index contributed by atoms with van der Waals surface area (Å²) in [5.74, 6) is 1.24. The molecule has 2 aliphatic carbocycles. The SMILES string of the molecule is C[C@H]1C(CCCOC(=O)[C]2[CH][CH][CH][CH]2)O[C@@H]2O[C@]3(C)CC[C@H]4[C@H](C)CCC1[C@@]24OO3. The van der Waals surface area contributed by atoms with Crippen LogP contribution >= 0.6 is 0 Å². The summed E-state index contributed by atoms with van der Waals surface area (Å²) in [7, 11) is 0. The first-order valence-corrected chi connectivity index (χ1v) is 11.5. The van der Waals surface area contributed by atoms with Gasteiger partial charge in [-0.3, -0.25) is 4.79 Å². The molecule has 4 saturated heterocycles. The second kappa shape index (κ2) is 8.02. The molecule has 6 aliphatic rings. The van der Waals surface area contributed by atoms with Gasteiger partial charge >= 0.3 is 5.97 Å². The van der Waals surface area contributed by atoms with Crippen molar-refractivity contribution in [2.75, 3.05) is 6.61 Å². The highest BCUT2D eigenvalue weighted by molar-refractivity contribution is 5.91. The van der Waals surface area contributed by atoms with Crippen LogP contribution in [-0.4, -0.2) is 36.4 Å². The first-order valence-electron chi connectivity index (χ1n) is 11.5. The molecule has 0 aromatic carbocycles. The van der Waals surface area contributed by atoms with Gasteiger partial charge in [0.2, 0.25) is 5.79 Å². The largest absolute Gasteiger partial charge is 0.465 e. The molecule has 8 atom stereocenters. The highest BCUT2D eigenvalue weighted by atomic mass is 17.3. The Bertz CT molecular complexity index is 648. The van der Waals surface area contributed by atoms with E-state index in [1.807, 2.05) is 19.8 Å². The number of hydrogen-bond acceptors (Lipinski definition) is 6. The van der Waals surface area contributed by atoms with Crippen LogP contribution in [-0.2, 0) is 28.8 Å². The molecular formula is C24H33O6. The van der Waals surface area contributed by atoms with Crippen LogP contribution in [0.3, 0.4) is 0 Å². The summed E-state index contributed by atoms with van der Waals surface area (Å²) in [6.07, 6.45) is 12.7. The molecule has 0 amide bonds. The van der Waals surface area contributed by atoms with Crippen LogP contribution in [0.2, 0.25) is 0 Å². The molecule has 2 unspecified atom stereocenters. The Kier molecular flexibility index (Phi) is 5.66. The van der Waals surface area contributed by atoms with E-state index in [1.165, 1.54) is 6.42 Å². The number of carbonyl (C=O) groups excluding carboxylic acids is 1. The topological polar surface area (TPSA) is 63.2 Å². The van der Waals surface area contributed by atoms with Gasteiger partial charge in [-0.25, -0.2) is 9.78 Å². The minimum Gasteiger partial charge on any atom is -0.465 e. The molecule has 0 aromatic heterocycles. The van der Waals surface area contributed by atoms with Crippen LogP contribution in [0.25, 0.3) is 0 Å². The number of rotatable bonds is 5. The van der Waals surface area contributed by atoms with Gasteiger partial charge in [0.05, 0.1) is 18.6 Å². The third kappa shape index (κ3) is 3.42. The van der Waals surface area contributed by atoms with Crippen molar-refractivity contribution in [1.29, 1.82) is 0 Å². The van der Waals surface area contributed by atoms with E-state index in [9.17, 15) is 4.79 Å². The lowest BCUT2D eigenvalue weighted by Gasteiger charge is -2.60. The normalized spacial score (nSPS) is 48.2. The molecule has 4 aliphatic heterocycles. The standard InChI is InChI=1S/C24H33O6/c1-15-10-11-19-16(2)20(9-6-14-26-21(25)17-7-4-5-8-17)27-22-24(19)18(15)12-13-23(3,28-22)29-30-24/h4-5,7-8,15-16,18-20,22H,6,9-14H2,1-3H3/t15-,16-,18+,19?,20?,22-,23+,24-/m1/s1. The van der Waals surface area contributed by atoms with Gasteiger partial charge in [-0.2, -0.15) is 0 Å². The fraction of sp³-hybridized carbons (Fsp3) is 0.750. The second-order valence-electron chi connectivity index (χ2n) is 9.90. The Morgan fingerprint density at radius 2 is 1.93 bits per heavy atom. The fourth-order valence-electron chi connectivity index (χ4n) is 6.35. The van der Waals surface area contributed by atoms with Gasteiger partial charge in [0.15, 0.2) is 11.9 Å². The van der Waals surface area contributed by atoms with Crippen molar-refractivity contribution >= 4 is 5.97 Å². The van der Waals surface area contributed by atoms with Gasteiger partial charge in [0, 0.05) is 12.3 Å². The Labute approximate surface area is 180 Å². The minimum absolute atomic E-state index is 0.0591. The van der Waals surface area contributed by atoms with E-state index in [1.54, 1.807) is 12.8 Å². The Morgan fingerprint density at radius 3 is 2.73 bits per heavy atom. The smallest absolute Gasteiger partial charge is 0.313 e. The van der Waals surface area contributed by atoms with Gasteiger partial charge in [0.1, 0.15) is 0 Å². The van der Waals surface area contributed by atoms with Crippen LogP contribution in [0.5, 0.6) is 0 Å². The van der Waals surface area contributed by atoms with Crippen molar-refractivity contribution in [2.45, 2.75) is 83.1 Å². The fourth-order valence-corrected chi connectivity index (χ4v) is 6.35. The van der Waals surface area contributed by atoms with E-state index in [0.717, 1.165) is 32.1 Å². The molecule has 0 N–H and O–H groups in total. The van der Waals surface area contributed by atoms with Gasteiger partial charge < -0.3 is 14.2 Å². The van der Waals surface area contributed by atoms with Crippen molar-refractivity contribution in [3.8, 4) is 0 Å². The molecule has 6 heteroatoms. The second-order valence-corrected chi connectivity index (χ2v) is 9.90. The lowest BCUT2D eigenvalue weighted by Crippen LogP contribution is -2.70. The zero-order chi connectivity index (χ0) is 20.9. The van der Waals surface area contributed by atoms with Crippen LogP contribution in [0.1, 0.15) is 59.3 Å². The summed E-state index contributed by atoms with van der Waals surface area (Å²) in [4.78, 5) is 24.1. The zero-order valence-electron chi connectivity index (χ0n) is 18.2. The monoisotopic (exact) mass is 417 g/mol. The minimum atomic E-state index is -0.738. The molecular weight excluding hydrogens is 384 g/mol. The van der Waals surface area contributed by atoms with Crippen molar-refractivity contribution in [2.24, 2.45) is 23.7 Å². The van der Waals surface area contributed by atoms with Gasteiger partial charge in [-0.15, -0.1) is 0 Å². The Balaban J connectivity index is 1.24. The van der Waals surface area contributed by atoms with Crippen LogP contribution < -0.4 is 0 Å². The zero-order valence-corrected chi connectivity index (χ0v) is 18.2. The molecule has 165 valence electrons. The maximum atomic E-state index is 12.0. The molecule has 2 saturated carbocycles. The highest BCUT2D eigenvalue weighted by Crippen LogP contribution is 2.60. The molecule has 1 spiro atoms. The molecule has 30 heavy (non-hydrogen) atoms. The number of carbonyl (C=O) groups is 1. The molecule has 5 radical (unpaired) electrons. The lowest BCUT2D eigenvalue weighted by molar-refractivity contribution is -0.571. The maximum absolute atomic E-state index is 12.0. The first kappa shape index (κ1) is 21.2. The molecule has 2 bridgehead atoms. The molecule has 4 heterocycles. The summed E-state index contributed by atoms with van der Waals surface area (Å²) < 4.78 is 18.4. The van der Waals surface area contributed by atoms with E-state index < -0.39 is 17.7 Å². The van der Waals surface area contributed by atoms with E-state index in [-0.39, 0.29) is 12.1 Å². The number of esters is 1. The van der Waals surface area contributed by atoms with Crippen molar-refractivity contribution < 1.29 is 28.8 Å². The highest BCUT2D eigenvalue weighted by Gasteiger charge is 2.69. The summed E-state index contributed by atoms with van der Waals surface area (Å²) in [5.41, 5.74) is -0.506. The van der Waals surface area contributed by atoms with Crippen molar-refractivity contribution in [1.82, 2.24) is 0 Å². The van der Waals surface area contributed by atoms with Crippen LogP contribution in [0.15, 0.2) is 0 Å². The average molecular weight is 418 g/mol. The van der Waals surface area contributed by atoms with E-state index in [2.05, 4.69) is 13.8 Å². The summed E-state index contributed by atoms with van der Waals surface area (Å²) in [6, 6.07) is 0. The lowest BCUT2D eigenvalue weighted by atomic mass is 9.57. The van der Waals surface area contributed by atoms with Gasteiger partial charge in [-0.1, -0.05) is 13.8 Å². The Morgan fingerprint density at radius 1 is 1.13 bits per heavy atom. The molecule has 6 rings (SSSR count). The first-order chi connectivity index (χ1) is 14.4. The third-order valence-corrected chi connectivity index (χ3v) is 8.06. The predicted molar refractivity (Wildman–Crippen MR) is 107 cm³/mol. The Hall–Kier alpha value is -0.690.